The molecule has 0 aromatic heterocycles. The van der Waals surface area contributed by atoms with E-state index in [-0.39, 0.29) is 24.2 Å². The number of methoxy groups -OCH3 is 2. The molecule has 1 aromatic carbocycles. The van der Waals surface area contributed by atoms with E-state index in [1.54, 1.807) is 18.2 Å². The van der Waals surface area contributed by atoms with Crippen LogP contribution in [-0.4, -0.2) is 51.4 Å². The standard InChI is InChI=1S/C20H26O8S/c1-4-8-16-15(13-18(22)27-3)20(19(23)28-16,12-11-17(21)26-2)29(24,25)14-9-6-5-7-10-14/h5-7,9-10,15-16H,4,8,11-13H2,1-3H3/t15-,16-,20+/m1/s1. The van der Waals surface area contributed by atoms with Gasteiger partial charge in [0.05, 0.1) is 25.5 Å². The molecule has 1 saturated heterocycles. The van der Waals surface area contributed by atoms with Crippen LogP contribution in [0.25, 0.3) is 0 Å². The van der Waals surface area contributed by atoms with Gasteiger partial charge in [-0.25, -0.2) is 8.42 Å². The van der Waals surface area contributed by atoms with E-state index in [1.807, 2.05) is 6.92 Å². The predicted octanol–water partition coefficient (Wildman–Crippen LogP) is 2.06. The maximum Gasteiger partial charge on any atom is 0.328 e. The van der Waals surface area contributed by atoms with Crippen LogP contribution in [0, 0.1) is 5.92 Å². The maximum atomic E-state index is 13.7. The predicted molar refractivity (Wildman–Crippen MR) is 103 cm³/mol. The number of hydrogen-bond acceptors (Lipinski definition) is 8. The number of rotatable bonds is 9. The molecule has 1 aliphatic rings. The van der Waals surface area contributed by atoms with Gasteiger partial charge in [-0.2, -0.15) is 0 Å². The Morgan fingerprint density at radius 1 is 1.10 bits per heavy atom. The molecule has 0 N–H and O–H groups in total. The lowest BCUT2D eigenvalue weighted by molar-refractivity contribution is -0.145. The van der Waals surface area contributed by atoms with Crippen molar-refractivity contribution in [2.75, 3.05) is 14.2 Å². The highest BCUT2D eigenvalue weighted by Crippen LogP contribution is 2.48. The van der Waals surface area contributed by atoms with Crippen molar-refractivity contribution in [1.29, 1.82) is 0 Å². The fraction of sp³-hybridized carbons (Fsp3) is 0.550. The number of ether oxygens (including phenoxy) is 3. The average Bonchev–Trinajstić information content (AvgIpc) is 2.98. The average molecular weight is 426 g/mol. The highest BCUT2D eigenvalue weighted by molar-refractivity contribution is 7.93. The lowest BCUT2D eigenvalue weighted by atomic mass is 9.82. The van der Waals surface area contributed by atoms with Crippen molar-refractivity contribution in [1.82, 2.24) is 0 Å². The molecule has 8 nitrogen and oxygen atoms in total. The van der Waals surface area contributed by atoms with Crippen LogP contribution in [0.4, 0.5) is 0 Å². The molecule has 3 atom stereocenters. The summed E-state index contributed by atoms with van der Waals surface area (Å²) in [4.78, 5) is 36.9. The van der Waals surface area contributed by atoms with Crippen LogP contribution in [0.2, 0.25) is 0 Å². The Kier molecular flexibility index (Phi) is 7.40. The van der Waals surface area contributed by atoms with E-state index < -0.39 is 44.5 Å². The Morgan fingerprint density at radius 2 is 1.72 bits per heavy atom. The first-order valence-corrected chi connectivity index (χ1v) is 10.9. The minimum atomic E-state index is -4.30. The van der Waals surface area contributed by atoms with Gasteiger partial charge in [-0.15, -0.1) is 0 Å². The van der Waals surface area contributed by atoms with Crippen LogP contribution in [0.15, 0.2) is 35.2 Å². The lowest BCUT2D eigenvalue weighted by Gasteiger charge is -2.31. The first kappa shape index (κ1) is 22.9. The van der Waals surface area contributed by atoms with Crippen molar-refractivity contribution in [2.45, 2.75) is 54.8 Å². The summed E-state index contributed by atoms with van der Waals surface area (Å²) in [6.07, 6.45) is -0.750. The highest BCUT2D eigenvalue weighted by Gasteiger charge is 2.65. The van der Waals surface area contributed by atoms with E-state index in [0.717, 1.165) is 0 Å². The van der Waals surface area contributed by atoms with Gasteiger partial charge in [0.15, 0.2) is 14.6 Å². The molecule has 2 rings (SSSR count). The topological polar surface area (TPSA) is 113 Å². The number of esters is 3. The summed E-state index contributed by atoms with van der Waals surface area (Å²) in [7, 11) is -1.93. The van der Waals surface area contributed by atoms with Gasteiger partial charge in [0, 0.05) is 12.3 Å². The number of benzene rings is 1. The second-order valence-electron chi connectivity index (χ2n) is 6.90. The summed E-state index contributed by atoms with van der Waals surface area (Å²) < 4.78 is 40.2. The molecule has 9 heteroatoms. The largest absolute Gasteiger partial charge is 0.469 e. The van der Waals surface area contributed by atoms with Crippen LogP contribution in [0.5, 0.6) is 0 Å². The van der Waals surface area contributed by atoms with E-state index in [1.165, 1.54) is 26.4 Å². The summed E-state index contributed by atoms with van der Waals surface area (Å²) >= 11 is 0. The molecule has 1 aromatic rings. The van der Waals surface area contributed by atoms with Gasteiger partial charge in [-0.05, 0) is 25.0 Å². The summed E-state index contributed by atoms with van der Waals surface area (Å²) in [5.74, 6) is -3.24. The molecule has 0 spiro atoms. The molecule has 1 fully saturated rings. The van der Waals surface area contributed by atoms with Gasteiger partial charge in [-0.3, -0.25) is 14.4 Å². The number of carbonyl (C=O) groups excluding carboxylic acids is 3. The van der Waals surface area contributed by atoms with Gasteiger partial charge in [-0.1, -0.05) is 31.5 Å². The van der Waals surface area contributed by atoms with Gasteiger partial charge in [0.25, 0.3) is 0 Å². The fourth-order valence-corrected chi connectivity index (χ4v) is 6.01. The zero-order valence-corrected chi connectivity index (χ0v) is 17.6. The van der Waals surface area contributed by atoms with Crippen molar-refractivity contribution in [3.05, 3.63) is 30.3 Å². The van der Waals surface area contributed by atoms with Crippen LogP contribution < -0.4 is 0 Å². The molecule has 29 heavy (non-hydrogen) atoms. The molecule has 160 valence electrons. The first-order chi connectivity index (χ1) is 13.7. The SMILES string of the molecule is CCC[C@H]1OC(=O)[C@@](CCC(=O)OC)(S(=O)(=O)c2ccccc2)[C@@H]1CC(=O)OC. The summed E-state index contributed by atoms with van der Waals surface area (Å²) in [6.45, 7) is 1.86. The lowest BCUT2D eigenvalue weighted by Crippen LogP contribution is -2.50. The Balaban J connectivity index is 2.66. The molecular formula is C20H26O8S. The van der Waals surface area contributed by atoms with Gasteiger partial charge in [0.1, 0.15) is 6.10 Å². The minimum absolute atomic E-state index is 0.0752. The quantitative estimate of drug-likeness (QED) is 0.436. The van der Waals surface area contributed by atoms with E-state index in [4.69, 9.17) is 9.47 Å². The van der Waals surface area contributed by atoms with Crippen LogP contribution in [0.3, 0.4) is 0 Å². The fourth-order valence-electron chi connectivity index (χ4n) is 3.81. The smallest absolute Gasteiger partial charge is 0.328 e. The number of sulfone groups is 1. The Morgan fingerprint density at radius 3 is 2.28 bits per heavy atom. The minimum Gasteiger partial charge on any atom is -0.469 e. The first-order valence-electron chi connectivity index (χ1n) is 9.39. The van der Waals surface area contributed by atoms with Crippen molar-refractivity contribution >= 4 is 27.7 Å². The Hall–Kier alpha value is -2.42. The Labute approximate surface area is 170 Å². The van der Waals surface area contributed by atoms with Crippen LogP contribution in [-0.2, 0) is 38.4 Å². The molecule has 0 aliphatic carbocycles. The number of carbonyl (C=O) groups is 3. The summed E-state index contributed by atoms with van der Waals surface area (Å²) in [6, 6.07) is 7.49. The zero-order chi connectivity index (χ0) is 21.7. The van der Waals surface area contributed by atoms with Crippen molar-refractivity contribution in [2.24, 2.45) is 5.92 Å². The third-order valence-corrected chi connectivity index (χ3v) is 7.83. The second kappa shape index (κ2) is 9.39. The second-order valence-corrected chi connectivity index (χ2v) is 9.11. The molecule has 1 aliphatic heterocycles. The van der Waals surface area contributed by atoms with E-state index in [0.29, 0.717) is 12.8 Å². The third kappa shape index (κ3) is 4.29. The van der Waals surface area contributed by atoms with E-state index in [2.05, 4.69) is 4.74 Å². The van der Waals surface area contributed by atoms with E-state index >= 15 is 0 Å². The van der Waals surface area contributed by atoms with Gasteiger partial charge >= 0.3 is 17.9 Å². The molecule has 0 radical (unpaired) electrons. The molecule has 1 heterocycles. The van der Waals surface area contributed by atoms with Gasteiger partial charge < -0.3 is 14.2 Å². The molecular weight excluding hydrogens is 400 g/mol. The summed E-state index contributed by atoms with van der Waals surface area (Å²) in [5.41, 5.74) is 0. The third-order valence-electron chi connectivity index (χ3n) is 5.30. The molecule has 0 amide bonds. The highest BCUT2D eigenvalue weighted by atomic mass is 32.2. The summed E-state index contributed by atoms with van der Waals surface area (Å²) in [5, 5.41) is 0. The van der Waals surface area contributed by atoms with Crippen LogP contribution >= 0.6 is 0 Å². The monoisotopic (exact) mass is 426 g/mol. The Bertz CT molecular complexity index is 848. The normalized spacial score (nSPS) is 24.0. The van der Waals surface area contributed by atoms with Crippen molar-refractivity contribution < 1.29 is 37.0 Å². The zero-order valence-electron chi connectivity index (χ0n) is 16.8. The van der Waals surface area contributed by atoms with Crippen LogP contribution in [0.1, 0.15) is 39.0 Å². The van der Waals surface area contributed by atoms with Crippen molar-refractivity contribution in [3.63, 3.8) is 0 Å². The maximum absolute atomic E-state index is 13.7. The molecule has 0 unspecified atom stereocenters. The number of hydrogen-bond donors (Lipinski definition) is 0. The molecule has 0 bridgehead atoms. The van der Waals surface area contributed by atoms with Gasteiger partial charge in [0.2, 0.25) is 0 Å². The van der Waals surface area contributed by atoms with Crippen molar-refractivity contribution in [3.8, 4) is 0 Å². The van der Waals surface area contributed by atoms with E-state index in [9.17, 15) is 22.8 Å². The number of cyclic esters (lactones) is 1. The molecule has 0 saturated carbocycles.